The summed E-state index contributed by atoms with van der Waals surface area (Å²) in [5, 5.41) is 4.20. The van der Waals surface area contributed by atoms with Crippen LogP contribution in [0.25, 0.3) is 11.3 Å². The van der Waals surface area contributed by atoms with E-state index in [-0.39, 0.29) is 16.8 Å². The first-order chi connectivity index (χ1) is 17.0. The molecular weight excluding hydrogens is 498 g/mol. The molecule has 0 unspecified atom stereocenters. The van der Waals surface area contributed by atoms with Gasteiger partial charge in [0.2, 0.25) is 0 Å². The second kappa shape index (κ2) is 9.85. The molecule has 0 saturated carbocycles. The van der Waals surface area contributed by atoms with Gasteiger partial charge >= 0.3 is 0 Å². The third-order valence-electron chi connectivity index (χ3n) is 5.87. The first-order valence-corrected chi connectivity index (χ1v) is 13.5. The van der Waals surface area contributed by atoms with E-state index >= 15 is 0 Å². The zero-order chi connectivity index (χ0) is 24.5. The molecule has 1 aliphatic rings. The van der Waals surface area contributed by atoms with E-state index in [1.54, 1.807) is 40.5 Å². The van der Waals surface area contributed by atoms with Crippen LogP contribution in [0, 0.1) is 6.92 Å². The van der Waals surface area contributed by atoms with E-state index in [2.05, 4.69) is 5.32 Å². The van der Waals surface area contributed by atoms with Crippen LogP contribution < -0.4 is 10.2 Å². The number of anilines is 2. The number of halogens is 1. The molecule has 0 atom stereocenters. The van der Waals surface area contributed by atoms with Gasteiger partial charge in [-0.15, -0.1) is 23.1 Å². The molecule has 0 spiro atoms. The predicted molar refractivity (Wildman–Crippen MR) is 145 cm³/mol. The predicted octanol–water partition coefficient (Wildman–Crippen LogP) is 6.95. The Labute approximate surface area is 217 Å². The highest BCUT2D eigenvalue weighted by Gasteiger charge is 2.28. The topological polar surface area (TPSA) is 62.3 Å². The molecule has 0 fully saturated rings. The Bertz CT molecular complexity index is 1450. The largest absolute Gasteiger partial charge is 0.322 e. The molecule has 0 bridgehead atoms. The molecular formula is C27H22ClN3O2S2. The number of hydrogen-bond donors (Lipinski definition) is 1. The van der Waals surface area contributed by atoms with Crippen LogP contribution in [-0.4, -0.2) is 29.6 Å². The standard InChI is InChI=1S/C27H22ClN3O2S2/c1-16-29-25-19-7-3-5-9-22(19)31(14-13-24(25)35-16)27(33)18-12-11-17(15-21(18)28)30-26(32)20-8-4-6-10-23(20)34-2/h3-12,15H,13-14H2,1-2H3,(H,30,32). The monoisotopic (exact) mass is 519 g/mol. The molecule has 5 nitrogen and oxygen atoms in total. The van der Waals surface area contributed by atoms with Gasteiger partial charge in [0.05, 0.1) is 32.5 Å². The van der Waals surface area contributed by atoms with Gasteiger partial charge in [-0.1, -0.05) is 41.9 Å². The third-order valence-corrected chi connectivity index (χ3v) is 8.01. The lowest BCUT2D eigenvalue weighted by Crippen LogP contribution is -2.32. The van der Waals surface area contributed by atoms with E-state index in [1.165, 1.54) is 16.6 Å². The number of carbonyl (C=O) groups excluding carboxylic acids is 2. The lowest BCUT2D eigenvalue weighted by molar-refractivity contribution is 0.0986. The van der Waals surface area contributed by atoms with Crippen LogP contribution >= 0.6 is 34.7 Å². The van der Waals surface area contributed by atoms with Gasteiger partial charge < -0.3 is 10.2 Å². The van der Waals surface area contributed by atoms with Gasteiger partial charge in [-0.25, -0.2) is 4.98 Å². The maximum atomic E-state index is 13.6. The highest BCUT2D eigenvalue weighted by molar-refractivity contribution is 7.98. The second-order valence-corrected chi connectivity index (χ2v) is 10.6. The minimum absolute atomic E-state index is 0.181. The molecule has 1 N–H and O–H groups in total. The van der Waals surface area contributed by atoms with Crippen LogP contribution in [0.15, 0.2) is 71.6 Å². The number of para-hydroxylation sites is 1. The molecule has 0 saturated heterocycles. The number of carbonyl (C=O) groups is 2. The maximum absolute atomic E-state index is 13.6. The molecule has 1 aromatic heterocycles. The van der Waals surface area contributed by atoms with Crippen molar-refractivity contribution >= 4 is 57.9 Å². The Balaban J connectivity index is 1.42. The Hall–Kier alpha value is -3.13. The number of nitrogens with zero attached hydrogens (tertiary/aromatic N) is 2. The van der Waals surface area contributed by atoms with Gasteiger partial charge in [0.15, 0.2) is 0 Å². The number of thiazole rings is 1. The van der Waals surface area contributed by atoms with Crippen molar-refractivity contribution in [1.82, 2.24) is 4.98 Å². The van der Waals surface area contributed by atoms with Crippen molar-refractivity contribution in [3.05, 3.63) is 92.8 Å². The van der Waals surface area contributed by atoms with E-state index in [0.717, 1.165) is 33.3 Å². The fraction of sp³-hybridized carbons (Fsp3) is 0.148. The number of fused-ring (bicyclic) bond motifs is 3. The third kappa shape index (κ3) is 4.59. The van der Waals surface area contributed by atoms with Crippen molar-refractivity contribution in [3.63, 3.8) is 0 Å². The minimum atomic E-state index is -0.222. The van der Waals surface area contributed by atoms with E-state index < -0.39 is 0 Å². The molecule has 8 heteroatoms. The van der Waals surface area contributed by atoms with Crippen LogP contribution in [0.2, 0.25) is 5.02 Å². The van der Waals surface area contributed by atoms with Crippen LogP contribution in [0.3, 0.4) is 0 Å². The lowest BCUT2D eigenvalue weighted by atomic mass is 10.1. The Kier molecular flexibility index (Phi) is 6.65. The maximum Gasteiger partial charge on any atom is 0.259 e. The van der Waals surface area contributed by atoms with Crippen molar-refractivity contribution in [2.45, 2.75) is 18.2 Å². The van der Waals surface area contributed by atoms with Crippen LogP contribution in [-0.2, 0) is 6.42 Å². The van der Waals surface area contributed by atoms with E-state index in [1.807, 2.05) is 55.6 Å². The first kappa shape index (κ1) is 23.6. The second-order valence-electron chi connectivity index (χ2n) is 8.08. The number of thioether (sulfide) groups is 1. The summed E-state index contributed by atoms with van der Waals surface area (Å²) in [6.45, 7) is 2.54. The molecule has 0 aliphatic carbocycles. The Morgan fingerprint density at radius 3 is 2.63 bits per heavy atom. The summed E-state index contributed by atoms with van der Waals surface area (Å²) in [4.78, 5) is 35.0. The van der Waals surface area contributed by atoms with E-state index in [4.69, 9.17) is 16.6 Å². The number of aryl methyl sites for hydroxylation is 1. The molecule has 176 valence electrons. The zero-order valence-electron chi connectivity index (χ0n) is 19.2. The molecule has 1 aliphatic heterocycles. The summed E-state index contributed by atoms with van der Waals surface area (Å²) in [7, 11) is 0. The number of nitrogens with one attached hydrogen (secondary N) is 1. The summed E-state index contributed by atoms with van der Waals surface area (Å²) >= 11 is 9.76. The smallest absolute Gasteiger partial charge is 0.259 e. The summed E-state index contributed by atoms with van der Waals surface area (Å²) in [6.07, 6.45) is 2.66. The highest BCUT2D eigenvalue weighted by Crippen LogP contribution is 2.39. The summed E-state index contributed by atoms with van der Waals surface area (Å²) < 4.78 is 0. The molecule has 2 amide bonds. The molecule has 2 heterocycles. The van der Waals surface area contributed by atoms with Crippen molar-refractivity contribution in [1.29, 1.82) is 0 Å². The summed E-state index contributed by atoms with van der Waals surface area (Å²) in [6, 6.07) is 20.3. The normalized spacial score (nSPS) is 12.5. The van der Waals surface area contributed by atoms with Crippen LogP contribution in [0.5, 0.6) is 0 Å². The summed E-state index contributed by atoms with van der Waals surface area (Å²) in [5.41, 5.74) is 4.24. The quantitative estimate of drug-likeness (QED) is 0.296. The number of hydrogen-bond acceptors (Lipinski definition) is 5. The van der Waals surface area contributed by atoms with Crippen molar-refractivity contribution < 1.29 is 9.59 Å². The average Bonchev–Trinajstić information content (AvgIpc) is 3.17. The van der Waals surface area contributed by atoms with Gasteiger partial charge in [-0.05, 0) is 49.6 Å². The molecule has 4 aromatic rings. The van der Waals surface area contributed by atoms with Crippen molar-refractivity contribution in [3.8, 4) is 11.3 Å². The van der Waals surface area contributed by atoms with E-state index in [0.29, 0.717) is 23.4 Å². The SMILES string of the molecule is CSc1ccccc1C(=O)Nc1ccc(C(=O)N2CCc3sc(C)nc3-c3ccccc32)c(Cl)c1. The Morgan fingerprint density at radius 2 is 1.83 bits per heavy atom. The van der Waals surface area contributed by atoms with Gasteiger partial charge in [0, 0.05) is 34.0 Å². The molecule has 0 radical (unpaired) electrons. The lowest BCUT2D eigenvalue weighted by Gasteiger charge is -2.23. The molecule has 3 aromatic carbocycles. The minimum Gasteiger partial charge on any atom is -0.322 e. The van der Waals surface area contributed by atoms with Gasteiger partial charge in [-0.2, -0.15) is 0 Å². The number of benzene rings is 3. The van der Waals surface area contributed by atoms with E-state index in [9.17, 15) is 9.59 Å². The fourth-order valence-electron chi connectivity index (χ4n) is 4.25. The first-order valence-electron chi connectivity index (χ1n) is 11.1. The average molecular weight is 520 g/mol. The van der Waals surface area contributed by atoms with Gasteiger partial charge in [0.1, 0.15) is 0 Å². The van der Waals surface area contributed by atoms with Gasteiger partial charge in [0.25, 0.3) is 11.8 Å². The van der Waals surface area contributed by atoms with Crippen molar-refractivity contribution in [2.24, 2.45) is 0 Å². The molecule has 35 heavy (non-hydrogen) atoms. The number of aromatic nitrogens is 1. The number of rotatable bonds is 4. The van der Waals surface area contributed by atoms with Crippen molar-refractivity contribution in [2.75, 3.05) is 23.0 Å². The zero-order valence-corrected chi connectivity index (χ0v) is 21.6. The van der Waals surface area contributed by atoms with Gasteiger partial charge in [-0.3, -0.25) is 9.59 Å². The summed E-state index contributed by atoms with van der Waals surface area (Å²) in [5.74, 6) is -0.402. The Morgan fingerprint density at radius 1 is 1.06 bits per heavy atom. The van der Waals surface area contributed by atoms with Crippen LogP contribution in [0.4, 0.5) is 11.4 Å². The fourth-order valence-corrected chi connectivity index (χ4v) is 6.04. The highest BCUT2D eigenvalue weighted by atomic mass is 35.5. The molecule has 5 rings (SSSR count). The number of amides is 2. The van der Waals surface area contributed by atoms with Crippen LogP contribution in [0.1, 0.15) is 30.6 Å².